The Balaban J connectivity index is 1.85. The Kier molecular flexibility index (Phi) is 3.24. The molecule has 0 spiro atoms. The highest BCUT2D eigenvalue weighted by atomic mass is 35.5. The number of carbonyl (C=O) groups is 1. The summed E-state index contributed by atoms with van der Waals surface area (Å²) < 4.78 is 10.8. The maximum Gasteiger partial charge on any atom is 0.343 e. The molecular formula is C15H12ClNO3. The van der Waals surface area contributed by atoms with Crippen molar-refractivity contribution in [3.63, 3.8) is 0 Å². The molecule has 0 aromatic heterocycles. The quantitative estimate of drug-likeness (QED) is 0.850. The molecule has 4 nitrogen and oxygen atoms in total. The molecule has 1 aromatic carbocycles. The van der Waals surface area contributed by atoms with Crippen LogP contribution in [0.2, 0.25) is 0 Å². The van der Waals surface area contributed by atoms with Gasteiger partial charge < -0.3 is 15.2 Å². The zero-order chi connectivity index (χ0) is 14.1. The number of halogens is 1. The summed E-state index contributed by atoms with van der Waals surface area (Å²) in [6.07, 6.45) is 2.59. The predicted octanol–water partition coefficient (Wildman–Crippen LogP) is 3.17. The number of nitrogens with two attached hydrogens (primary N) is 1. The SMILES string of the molecule is NC1=C2CCC(OC(=O)c3ccccc3)=C2OC=C1Cl. The Labute approximate surface area is 121 Å². The monoisotopic (exact) mass is 289 g/mol. The fourth-order valence-electron chi connectivity index (χ4n) is 2.19. The lowest BCUT2D eigenvalue weighted by atomic mass is 10.1. The Morgan fingerprint density at radius 3 is 2.75 bits per heavy atom. The van der Waals surface area contributed by atoms with E-state index in [1.165, 1.54) is 6.26 Å². The zero-order valence-corrected chi connectivity index (χ0v) is 11.3. The smallest absolute Gasteiger partial charge is 0.343 e. The standard InChI is InChI=1S/C15H12ClNO3/c16-11-8-19-14-10(13(11)17)6-7-12(14)20-15(18)9-4-2-1-3-5-9/h1-5,8H,6-7,17H2. The fourth-order valence-corrected chi connectivity index (χ4v) is 2.35. The highest BCUT2D eigenvalue weighted by Crippen LogP contribution is 2.39. The minimum absolute atomic E-state index is 0.374. The highest BCUT2D eigenvalue weighted by Gasteiger charge is 2.30. The van der Waals surface area contributed by atoms with Crippen molar-refractivity contribution in [1.29, 1.82) is 0 Å². The third kappa shape index (κ3) is 2.18. The van der Waals surface area contributed by atoms with Crippen molar-refractivity contribution in [3.05, 3.63) is 70.0 Å². The number of esters is 1. The van der Waals surface area contributed by atoms with Crippen LogP contribution in [-0.4, -0.2) is 5.97 Å². The molecule has 0 fully saturated rings. The van der Waals surface area contributed by atoms with Gasteiger partial charge in [-0.3, -0.25) is 0 Å². The van der Waals surface area contributed by atoms with Crippen molar-refractivity contribution in [2.45, 2.75) is 12.8 Å². The van der Waals surface area contributed by atoms with Crippen LogP contribution in [0.5, 0.6) is 0 Å². The van der Waals surface area contributed by atoms with Crippen molar-refractivity contribution < 1.29 is 14.3 Å². The van der Waals surface area contributed by atoms with E-state index in [9.17, 15) is 4.79 Å². The molecule has 2 N–H and O–H groups in total. The lowest BCUT2D eigenvalue weighted by Gasteiger charge is -2.15. The van der Waals surface area contributed by atoms with Crippen molar-refractivity contribution >= 4 is 17.6 Å². The molecule has 20 heavy (non-hydrogen) atoms. The van der Waals surface area contributed by atoms with E-state index in [4.69, 9.17) is 26.8 Å². The van der Waals surface area contributed by atoms with Crippen molar-refractivity contribution in [2.24, 2.45) is 5.73 Å². The van der Waals surface area contributed by atoms with Gasteiger partial charge in [-0.05, 0) is 18.6 Å². The van der Waals surface area contributed by atoms with Crippen LogP contribution in [-0.2, 0) is 9.47 Å². The van der Waals surface area contributed by atoms with Gasteiger partial charge in [-0.1, -0.05) is 29.8 Å². The second-order valence-corrected chi connectivity index (χ2v) is 4.89. The lowest BCUT2D eigenvalue weighted by molar-refractivity contribution is 0.0604. The molecule has 0 saturated heterocycles. The molecule has 0 saturated carbocycles. The highest BCUT2D eigenvalue weighted by molar-refractivity contribution is 6.32. The van der Waals surface area contributed by atoms with E-state index < -0.39 is 5.97 Å². The fraction of sp³-hybridized carbons (Fsp3) is 0.133. The molecule has 0 bridgehead atoms. The number of ether oxygens (including phenoxy) is 2. The predicted molar refractivity (Wildman–Crippen MR) is 74.4 cm³/mol. The van der Waals surface area contributed by atoms with E-state index in [2.05, 4.69) is 0 Å². The zero-order valence-electron chi connectivity index (χ0n) is 10.6. The maximum absolute atomic E-state index is 12.0. The minimum Gasteiger partial charge on any atom is -0.459 e. The molecule has 0 atom stereocenters. The molecule has 1 aliphatic heterocycles. The number of hydrogen-bond acceptors (Lipinski definition) is 4. The first-order valence-corrected chi connectivity index (χ1v) is 6.56. The van der Waals surface area contributed by atoms with Crippen LogP contribution >= 0.6 is 11.6 Å². The summed E-state index contributed by atoms with van der Waals surface area (Å²) in [5.41, 5.74) is 7.67. The molecule has 0 radical (unpaired) electrons. The van der Waals surface area contributed by atoms with Gasteiger partial charge >= 0.3 is 5.97 Å². The summed E-state index contributed by atoms with van der Waals surface area (Å²) in [6, 6.07) is 8.81. The molecule has 1 heterocycles. The van der Waals surface area contributed by atoms with Crippen LogP contribution in [0.1, 0.15) is 23.2 Å². The Bertz CT molecular complexity index is 659. The molecular weight excluding hydrogens is 278 g/mol. The molecule has 0 amide bonds. The van der Waals surface area contributed by atoms with Crippen molar-refractivity contribution in [1.82, 2.24) is 0 Å². The number of carbonyl (C=O) groups excluding carboxylic acids is 1. The summed E-state index contributed by atoms with van der Waals surface area (Å²) >= 11 is 5.91. The summed E-state index contributed by atoms with van der Waals surface area (Å²) in [7, 11) is 0. The van der Waals surface area contributed by atoms with Crippen LogP contribution in [0.3, 0.4) is 0 Å². The summed E-state index contributed by atoms with van der Waals surface area (Å²) in [4.78, 5) is 12.0. The van der Waals surface area contributed by atoms with Gasteiger partial charge in [0.15, 0.2) is 11.5 Å². The van der Waals surface area contributed by atoms with Gasteiger partial charge in [-0.15, -0.1) is 0 Å². The molecule has 3 rings (SSSR count). The van der Waals surface area contributed by atoms with E-state index in [0.717, 1.165) is 5.57 Å². The Morgan fingerprint density at radius 1 is 1.25 bits per heavy atom. The first-order chi connectivity index (χ1) is 9.66. The normalized spacial score (nSPS) is 17.6. The molecule has 1 aliphatic carbocycles. The molecule has 2 aliphatic rings. The van der Waals surface area contributed by atoms with E-state index in [0.29, 0.717) is 40.7 Å². The minimum atomic E-state index is -0.405. The van der Waals surface area contributed by atoms with Gasteiger partial charge in [-0.2, -0.15) is 0 Å². The topological polar surface area (TPSA) is 61.5 Å². The van der Waals surface area contributed by atoms with Crippen molar-refractivity contribution in [2.75, 3.05) is 0 Å². The summed E-state index contributed by atoms with van der Waals surface area (Å²) in [6.45, 7) is 0. The third-order valence-electron chi connectivity index (χ3n) is 3.22. The number of fused-ring (bicyclic) bond motifs is 1. The van der Waals surface area contributed by atoms with Crippen LogP contribution in [0.25, 0.3) is 0 Å². The largest absolute Gasteiger partial charge is 0.459 e. The first-order valence-electron chi connectivity index (χ1n) is 6.19. The van der Waals surface area contributed by atoms with Crippen LogP contribution in [0.15, 0.2) is 64.4 Å². The van der Waals surface area contributed by atoms with Gasteiger partial charge in [-0.25, -0.2) is 4.79 Å². The molecule has 102 valence electrons. The second-order valence-electron chi connectivity index (χ2n) is 4.48. The van der Waals surface area contributed by atoms with Gasteiger partial charge in [0.1, 0.15) is 6.26 Å². The van der Waals surface area contributed by atoms with Crippen LogP contribution < -0.4 is 5.73 Å². The first kappa shape index (κ1) is 12.8. The van der Waals surface area contributed by atoms with Gasteiger partial charge in [0.2, 0.25) is 0 Å². The second kappa shape index (κ2) is 5.06. The van der Waals surface area contributed by atoms with Crippen molar-refractivity contribution in [3.8, 4) is 0 Å². The van der Waals surface area contributed by atoms with Gasteiger partial charge in [0.25, 0.3) is 0 Å². The average Bonchev–Trinajstić information content (AvgIpc) is 2.87. The summed E-state index contributed by atoms with van der Waals surface area (Å²) in [5.74, 6) is 0.602. The molecule has 1 aromatic rings. The third-order valence-corrected chi connectivity index (χ3v) is 3.51. The number of allylic oxidation sites excluding steroid dienone is 3. The van der Waals surface area contributed by atoms with E-state index in [-0.39, 0.29) is 0 Å². The molecule has 5 heteroatoms. The molecule has 0 unspecified atom stereocenters. The van der Waals surface area contributed by atoms with E-state index in [1.807, 2.05) is 6.07 Å². The van der Waals surface area contributed by atoms with Gasteiger partial charge in [0.05, 0.1) is 16.3 Å². The average molecular weight is 290 g/mol. The van der Waals surface area contributed by atoms with Gasteiger partial charge in [0, 0.05) is 12.0 Å². The van der Waals surface area contributed by atoms with Crippen LogP contribution in [0.4, 0.5) is 0 Å². The number of benzene rings is 1. The van der Waals surface area contributed by atoms with Crippen LogP contribution in [0, 0.1) is 0 Å². The van der Waals surface area contributed by atoms with E-state index in [1.54, 1.807) is 24.3 Å². The number of rotatable bonds is 2. The van der Waals surface area contributed by atoms with E-state index >= 15 is 0 Å². The number of hydrogen-bond donors (Lipinski definition) is 1. The summed E-state index contributed by atoms with van der Waals surface area (Å²) in [5, 5.41) is 0.374. The Hall–Kier alpha value is -2.20. The Morgan fingerprint density at radius 2 is 2.00 bits per heavy atom. The maximum atomic E-state index is 12.0. The lowest BCUT2D eigenvalue weighted by Crippen LogP contribution is -2.10.